The summed E-state index contributed by atoms with van der Waals surface area (Å²) in [7, 11) is -3.56. The molecule has 0 aliphatic rings. The van der Waals surface area contributed by atoms with Crippen molar-refractivity contribution in [2.45, 2.75) is 26.3 Å². The van der Waals surface area contributed by atoms with E-state index in [1.54, 1.807) is 6.92 Å². The molecule has 1 heterocycles. The van der Waals surface area contributed by atoms with Gasteiger partial charge in [-0.2, -0.15) is 0 Å². The Morgan fingerprint density at radius 3 is 2.52 bits per heavy atom. The minimum atomic E-state index is -3.56. The molecule has 0 saturated carbocycles. The molecule has 9 nitrogen and oxygen atoms in total. The summed E-state index contributed by atoms with van der Waals surface area (Å²) in [6.07, 6.45) is 2.80. The van der Waals surface area contributed by atoms with Crippen LogP contribution in [0.3, 0.4) is 0 Å². The summed E-state index contributed by atoms with van der Waals surface area (Å²) in [5.74, 6) is -2.41. The van der Waals surface area contributed by atoms with Crippen LogP contribution in [0.2, 0.25) is 0 Å². The lowest BCUT2D eigenvalue weighted by Gasteiger charge is -2.14. The Morgan fingerprint density at radius 1 is 1.33 bits per heavy atom. The van der Waals surface area contributed by atoms with E-state index in [0.29, 0.717) is 6.42 Å². The molecule has 1 aromatic rings. The number of hydrogen-bond donors (Lipinski definition) is 3. The Bertz CT molecular complexity index is 631. The second-order valence-corrected chi connectivity index (χ2v) is 6.08. The van der Waals surface area contributed by atoms with Gasteiger partial charge in [-0.1, -0.05) is 6.92 Å². The lowest BCUT2D eigenvalue weighted by molar-refractivity contribution is -0.117. The van der Waals surface area contributed by atoms with Gasteiger partial charge in [0.25, 0.3) is 0 Å². The van der Waals surface area contributed by atoms with Crippen LogP contribution in [0.1, 0.15) is 30.8 Å². The monoisotopic (exact) mass is 316 g/mol. The highest BCUT2D eigenvalue weighted by molar-refractivity contribution is 7.89. The number of anilines is 1. The van der Waals surface area contributed by atoms with Crippen LogP contribution in [0.25, 0.3) is 0 Å². The van der Waals surface area contributed by atoms with Crippen LogP contribution >= 0.6 is 0 Å². The van der Waals surface area contributed by atoms with E-state index in [4.69, 9.17) is 5.11 Å². The predicted octanol–water partition coefficient (Wildman–Crippen LogP) is -0.169. The summed E-state index contributed by atoms with van der Waals surface area (Å²) in [4.78, 5) is 30.1. The molecule has 0 radical (unpaired) electrons. The van der Waals surface area contributed by atoms with Crippen LogP contribution in [-0.4, -0.2) is 47.2 Å². The molecule has 0 saturated heterocycles. The number of hydrogen-bond acceptors (Lipinski definition) is 6. The second-order valence-electron chi connectivity index (χ2n) is 4.21. The Morgan fingerprint density at radius 2 is 1.95 bits per heavy atom. The Balaban J connectivity index is 2.80. The van der Waals surface area contributed by atoms with Crippen molar-refractivity contribution in [3.63, 3.8) is 0 Å². The summed E-state index contributed by atoms with van der Waals surface area (Å²) in [5.41, 5.74) is -0.422. The van der Waals surface area contributed by atoms with Crippen molar-refractivity contribution in [2.75, 3.05) is 11.1 Å². The van der Waals surface area contributed by atoms with E-state index in [1.165, 1.54) is 19.3 Å². The lowest BCUT2D eigenvalue weighted by Crippen LogP contribution is -2.42. The van der Waals surface area contributed by atoms with Crippen molar-refractivity contribution >= 4 is 27.7 Å². The smallest absolute Gasteiger partial charge is 0.358 e. The lowest BCUT2D eigenvalue weighted by atomic mass is 10.3. The van der Waals surface area contributed by atoms with E-state index in [1.807, 2.05) is 0 Å². The van der Waals surface area contributed by atoms with Crippen molar-refractivity contribution in [2.24, 2.45) is 0 Å². The molecule has 0 aromatic carbocycles. The molecule has 0 aliphatic carbocycles. The molecule has 1 rings (SSSR count). The van der Waals surface area contributed by atoms with E-state index in [2.05, 4.69) is 20.0 Å². The highest BCUT2D eigenvalue weighted by Crippen LogP contribution is 2.08. The Labute approximate surface area is 121 Å². The molecule has 0 spiro atoms. The van der Waals surface area contributed by atoms with Gasteiger partial charge in [-0.15, -0.1) is 0 Å². The van der Waals surface area contributed by atoms with E-state index >= 15 is 0 Å². The largest absolute Gasteiger partial charge is 0.476 e. The summed E-state index contributed by atoms with van der Waals surface area (Å²) in [6, 6.07) is -1.06. The quantitative estimate of drug-likeness (QED) is 0.634. The molecule has 21 heavy (non-hydrogen) atoms. The highest BCUT2D eigenvalue weighted by Gasteiger charge is 2.22. The number of sulfonamides is 1. The van der Waals surface area contributed by atoms with Crippen molar-refractivity contribution in [3.8, 4) is 0 Å². The topological polar surface area (TPSA) is 138 Å². The first-order valence-corrected chi connectivity index (χ1v) is 7.77. The number of aromatic nitrogens is 2. The van der Waals surface area contributed by atoms with E-state index in [0.717, 1.165) is 0 Å². The van der Waals surface area contributed by atoms with Crippen LogP contribution in [0.5, 0.6) is 0 Å². The minimum Gasteiger partial charge on any atom is -0.476 e. The van der Waals surface area contributed by atoms with Gasteiger partial charge in [-0.05, 0) is 13.3 Å². The molecule has 3 N–H and O–H groups in total. The first-order chi connectivity index (χ1) is 9.76. The number of carboxylic acid groups (broad SMARTS) is 1. The molecular formula is C11H16N4O5S. The average Bonchev–Trinajstić information content (AvgIpc) is 2.38. The number of rotatable bonds is 7. The normalized spacial score (nSPS) is 12.7. The standard InChI is InChI=1S/C11H16N4O5S/c1-3-6-21(19,20)15-7(2)10(16)14-9-8(11(17)18)12-4-5-13-9/h4-5,7,15H,3,6H2,1-2H3,(H,17,18)(H,13,14,16). The molecule has 1 aromatic heterocycles. The third-order valence-corrected chi connectivity index (χ3v) is 4.02. The number of carbonyl (C=O) groups excluding carboxylic acids is 1. The third-order valence-electron chi connectivity index (χ3n) is 2.36. The van der Waals surface area contributed by atoms with E-state index in [-0.39, 0.29) is 11.6 Å². The van der Waals surface area contributed by atoms with Crippen LogP contribution in [0.4, 0.5) is 5.82 Å². The molecular weight excluding hydrogens is 300 g/mol. The summed E-state index contributed by atoms with van der Waals surface area (Å²) < 4.78 is 25.3. The maximum Gasteiger partial charge on any atom is 0.358 e. The van der Waals surface area contributed by atoms with Crippen LogP contribution < -0.4 is 10.0 Å². The van der Waals surface area contributed by atoms with E-state index < -0.39 is 33.6 Å². The fourth-order valence-electron chi connectivity index (χ4n) is 1.46. The molecule has 0 aliphatic heterocycles. The number of amides is 1. The maximum absolute atomic E-state index is 11.9. The van der Waals surface area contributed by atoms with E-state index in [9.17, 15) is 18.0 Å². The van der Waals surface area contributed by atoms with Crippen molar-refractivity contribution in [1.29, 1.82) is 0 Å². The number of carbonyl (C=O) groups is 2. The number of aromatic carboxylic acids is 1. The van der Waals surface area contributed by atoms with Crippen molar-refractivity contribution in [1.82, 2.24) is 14.7 Å². The number of nitrogens with zero attached hydrogens (tertiary/aromatic N) is 2. The van der Waals surface area contributed by atoms with Gasteiger partial charge in [0, 0.05) is 12.4 Å². The highest BCUT2D eigenvalue weighted by atomic mass is 32.2. The van der Waals surface area contributed by atoms with Crippen LogP contribution in [0.15, 0.2) is 12.4 Å². The molecule has 1 amide bonds. The predicted molar refractivity (Wildman–Crippen MR) is 74.3 cm³/mol. The Hall–Kier alpha value is -2.07. The van der Waals surface area contributed by atoms with Gasteiger partial charge in [-0.25, -0.2) is 27.9 Å². The molecule has 0 bridgehead atoms. The molecule has 0 fully saturated rings. The zero-order valence-electron chi connectivity index (χ0n) is 11.5. The fraction of sp³-hybridized carbons (Fsp3) is 0.455. The summed E-state index contributed by atoms with van der Waals surface area (Å²) >= 11 is 0. The zero-order chi connectivity index (χ0) is 16.0. The summed E-state index contributed by atoms with van der Waals surface area (Å²) in [5, 5.41) is 11.1. The van der Waals surface area contributed by atoms with Gasteiger partial charge in [0.05, 0.1) is 11.8 Å². The molecule has 10 heteroatoms. The first kappa shape index (κ1) is 17.0. The molecule has 1 atom stereocenters. The van der Waals surface area contributed by atoms with Crippen LogP contribution in [0, 0.1) is 0 Å². The number of nitrogens with one attached hydrogen (secondary N) is 2. The van der Waals surface area contributed by atoms with Crippen molar-refractivity contribution in [3.05, 3.63) is 18.1 Å². The maximum atomic E-state index is 11.9. The average molecular weight is 316 g/mol. The van der Waals surface area contributed by atoms with Gasteiger partial charge < -0.3 is 10.4 Å². The van der Waals surface area contributed by atoms with Gasteiger partial charge in [-0.3, -0.25) is 4.79 Å². The van der Waals surface area contributed by atoms with Crippen molar-refractivity contribution < 1.29 is 23.1 Å². The van der Waals surface area contributed by atoms with Gasteiger partial charge in [0.2, 0.25) is 15.9 Å². The first-order valence-electron chi connectivity index (χ1n) is 6.12. The van der Waals surface area contributed by atoms with Gasteiger partial charge >= 0.3 is 5.97 Å². The zero-order valence-corrected chi connectivity index (χ0v) is 12.3. The summed E-state index contributed by atoms with van der Waals surface area (Å²) in [6.45, 7) is 3.04. The SMILES string of the molecule is CCCS(=O)(=O)NC(C)C(=O)Nc1nccnc1C(=O)O. The van der Waals surface area contributed by atoms with Crippen LogP contribution in [-0.2, 0) is 14.8 Å². The number of carboxylic acids is 1. The minimum absolute atomic E-state index is 0.101. The molecule has 116 valence electrons. The third kappa shape index (κ3) is 5.08. The molecule has 1 unspecified atom stereocenters. The second kappa shape index (κ2) is 7.09. The van der Waals surface area contributed by atoms with Gasteiger partial charge in [0.1, 0.15) is 0 Å². The Kier molecular flexibility index (Phi) is 5.73. The van der Waals surface area contributed by atoms with Gasteiger partial charge in [0.15, 0.2) is 11.5 Å². The fourth-order valence-corrected chi connectivity index (χ4v) is 2.76.